The summed E-state index contributed by atoms with van der Waals surface area (Å²) < 4.78 is 0. The maximum Gasteiger partial charge on any atom is 0.160 e. The lowest BCUT2D eigenvalue weighted by atomic mass is 9.92. The molecule has 0 spiro atoms. The lowest BCUT2D eigenvalue weighted by Crippen LogP contribution is -1.96. The van der Waals surface area contributed by atoms with Gasteiger partial charge in [0.1, 0.15) is 0 Å². The normalized spacial score (nSPS) is 11.3. The second kappa shape index (κ2) is 27.6. The molecule has 0 saturated heterocycles. The van der Waals surface area contributed by atoms with E-state index in [1.807, 2.05) is 36.7 Å². The summed E-state index contributed by atoms with van der Waals surface area (Å²) in [5, 5.41) is 12.6. The van der Waals surface area contributed by atoms with Gasteiger partial charge >= 0.3 is 0 Å². The van der Waals surface area contributed by atoms with Crippen molar-refractivity contribution in [2.45, 2.75) is 0 Å². The number of nitrogens with zero attached hydrogens (tertiary/aromatic N) is 6. The van der Waals surface area contributed by atoms with Gasteiger partial charge in [-0.05, 0) is 181 Å². The summed E-state index contributed by atoms with van der Waals surface area (Å²) in [5.41, 5.74) is 23.2. The molecule has 19 rings (SSSR count). The van der Waals surface area contributed by atoms with Gasteiger partial charge in [-0.2, -0.15) is 0 Å². The summed E-state index contributed by atoms with van der Waals surface area (Å²) in [6.07, 6.45) is 7.38. The summed E-state index contributed by atoms with van der Waals surface area (Å²) in [6, 6.07) is 129. The topological polar surface area (TPSA) is 77.3 Å². The zero-order valence-electron chi connectivity index (χ0n) is 56.6. The van der Waals surface area contributed by atoms with Crippen molar-refractivity contribution in [1.29, 1.82) is 0 Å². The van der Waals surface area contributed by atoms with Gasteiger partial charge in [0, 0.05) is 58.2 Å². The van der Waals surface area contributed by atoms with Crippen molar-refractivity contribution in [3.8, 4) is 135 Å². The Morgan fingerprint density at radius 3 is 0.942 bits per heavy atom. The monoisotopic (exact) mass is 1320 g/mol. The van der Waals surface area contributed by atoms with Crippen molar-refractivity contribution in [2.24, 2.45) is 0 Å². The molecule has 0 aliphatic rings. The largest absolute Gasteiger partial charge is 0.264 e. The lowest BCUT2D eigenvalue weighted by molar-refractivity contribution is 1.18. The molecule has 0 bridgehead atoms. The Balaban J connectivity index is 0.000000149. The van der Waals surface area contributed by atoms with Crippen LogP contribution in [0.1, 0.15) is 0 Å². The van der Waals surface area contributed by atoms with Crippen molar-refractivity contribution >= 4 is 53.9 Å². The first-order valence-electron chi connectivity index (χ1n) is 35.1. The molecule has 0 saturated carbocycles. The number of pyridine rings is 2. The maximum absolute atomic E-state index is 5.24. The van der Waals surface area contributed by atoms with E-state index < -0.39 is 0 Å². The van der Waals surface area contributed by atoms with Crippen LogP contribution in [0.15, 0.2) is 389 Å². The Morgan fingerprint density at radius 1 is 0.154 bits per heavy atom. The van der Waals surface area contributed by atoms with Gasteiger partial charge in [-0.1, -0.05) is 303 Å². The van der Waals surface area contributed by atoms with Gasteiger partial charge in [0.25, 0.3) is 0 Å². The maximum atomic E-state index is 5.24. The first kappa shape index (κ1) is 62.3. The van der Waals surface area contributed by atoms with Crippen molar-refractivity contribution in [1.82, 2.24) is 29.9 Å². The van der Waals surface area contributed by atoms with Crippen LogP contribution in [-0.4, -0.2) is 29.9 Å². The van der Waals surface area contributed by atoms with Crippen LogP contribution in [0.5, 0.6) is 0 Å². The van der Waals surface area contributed by atoms with Crippen molar-refractivity contribution < 1.29 is 0 Å². The molecule has 0 fully saturated rings. The van der Waals surface area contributed by atoms with Gasteiger partial charge in [-0.25, -0.2) is 19.9 Å². The molecule has 0 aliphatic carbocycles. The summed E-state index contributed by atoms with van der Waals surface area (Å²) in [4.78, 5) is 29.5. The summed E-state index contributed by atoms with van der Waals surface area (Å²) in [5.74, 6) is 1.37. The Bertz CT molecular complexity index is 6350. The molecule has 0 N–H and O–H groups in total. The SMILES string of the molecule is c1ccc(-c2cccc(-c3cc(-c4ccc(-c5cccnc5)cc4)nc(-c4cccc(-c5cc6ccccc6c6ccccc56)c4)n3)c2)cc1.c1ccc(-c2cccc(-c3cc(-c4ccc(-c5cccnc5)cc4)nc(-c4cccc(-c5ccc6c7ccccc7c7ccccc7c6c5)c4)n3)c2)cc1. The van der Waals surface area contributed by atoms with E-state index >= 15 is 0 Å². The molecule has 4 heterocycles. The third kappa shape index (κ3) is 12.5. The molecule has 0 atom stereocenters. The minimum Gasteiger partial charge on any atom is -0.264 e. The molecule has 19 aromatic rings. The van der Waals surface area contributed by atoms with Crippen LogP contribution in [0.4, 0.5) is 0 Å². The molecule has 104 heavy (non-hydrogen) atoms. The molecule has 0 aliphatic heterocycles. The zero-order valence-corrected chi connectivity index (χ0v) is 56.6. The molecule has 15 aromatic carbocycles. The van der Waals surface area contributed by atoms with Crippen LogP contribution in [0.3, 0.4) is 0 Å². The Labute approximate surface area is 603 Å². The minimum absolute atomic E-state index is 0.683. The average molecular weight is 1330 g/mol. The Hall–Kier alpha value is -13.9. The number of benzene rings is 15. The van der Waals surface area contributed by atoms with E-state index in [0.717, 1.165) is 106 Å². The molecular weight excluding hydrogens is 1260 g/mol. The van der Waals surface area contributed by atoms with Gasteiger partial charge in [0.2, 0.25) is 0 Å². The number of hydrogen-bond donors (Lipinski definition) is 0. The van der Waals surface area contributed by atoms with Gasteiger partial charge in [0.15, 0.2) is 11.6 Å². The first-order valence-corrected chi connectivity index (χ1v) is 35.1. The third-order valence-corrected chi connectivity index (χ3v) is 19.7. The first-order chi connectivity index (χ1) is 51.5. The van der Waals surface area contributed by atoms with E-state index in [1.165, 1.54) is 70.6 Å². The summed E-state index contributed by atoms with van der Waals surface area (Å²) >= 11 is 0. The highest BCUT2D eigenvalue weighted by molar-refractivity contribution is 6.26. The molecule has 0 radical (unpaired) electrons. The van der Waals surface area contributed by atoms with Crippen LogP contribution in [0, 0.1) is 0 Å². The Morgan fingerprint density at radius 2 is 0.462 bits per heavy atom. The van der Waals surface area contributed by atoms with Crippen molar-refractivity contribution in [3.05, 3.63) is 389 Å². The highest BCUT2D eigenvalue weighted by Gasteiger charge is 2.18. The van der Waals surface area contributed by atoms with Crippen molar-refractivity contribution in [2.75, 3.05) is 0 Å². The molecule has 486 valence electrons. The number of hydrogen-bond acceptors (Lipinski definition) is 6. The number of aromatic nitrogens is 6. The van der Waals surface area contributed by atoms with Gasteiger partial charge in [-0.3, -0.25) is 9.97 Å². The molecule has 4 aromatic heterocycles. The number of rotatable bonds is 12. The summed E-state index contributed by atoms with van der Waals surface area (Å²) in [7, 11) is 0. The second-order valence-corrected chi connectivity index (χ2v) is 26.2. The van der Waals surface area contributed by atoms with Crippen LogP contribution < -0.4 is 0 Å². The lowest BCUT2D eigenvalue weighted by Gasteiger charge is -2.13. The average Bonchev–Trinajstić information content (AvgIpc) is 0.747. The van der Waals surface area contributed by atoms with Crippen LogP contribution in [0.25, 0.3) is 188 Å². The molecule has 0 amide bonds. The van der Waals surface area contributed by atoms with Crippen LogP contribution in [-0.2, 0) is 0 Å². The van der Waals surface area contributed by atoms with E-state index in [2.05, 4.69) is 350 Å². The summed E-state index contributed by atoms with van der Waals surface area (Å²) in [6.45, 7) is 0. The van der Waals surface area contributed by atoms with Crippen LogP contribution in [0.2, 0.25) is 0 Å². The zero-order chi connectivity index (χ0) is 69.1. The fraction of sp³-hybridized carbons (Fsp3) is 0. The molecule has 0 unspecified atom stereocenters. The smallest absolute Gasteiger partial charge is 0.160 e. The highest BCUT2D eigenvalue weighted by Crippen LogP contribution is 2.41. The van der Waals surface area contributed by atoms with Gasteiger partial charge < -0.3 is 0 Å². The Kier molecular flexibility index (Phi) is 16.6. The molecule has 6 heteroatoms. The fourth-order valence-corrected chi connectivity index (χ4v) is 14.5. The standard InChI is InChI=1S/C51H33N3.C47H31N3/c1-2-11-34(12-3-1)37-13-8-15-40(29-37)50-32-49(36-24-22-35(23-25-36)42-17-10-28-52-33-42)53-51(54-50)41-16-9-14-38(30-41)39-26-27-47-45-20-5-4-18-43(45)44-19-6-7-21-46(44)48(47)31-39;1-2-11-32(12-3-1)35-14-8-16-38(27-35)46-30-45(34-24-22-33(23-25-34)40-18-10-26-48-31-40)49-47(50-46)39-17-9-15-36(28-39)44-29-37-13-4-5-19-41(37)42-20-6-7-21-43(42)44/h1-33H;1-31H. The fourth-order valence-electron chi connectivity index (χ4n) is 14.5. The molecule has 6 nitrogen and oxygen atoms in total. The third-order valence-electron chi connectivity index (χ3n) is 19.7. The number of fused-ring (bicyclic) bond motifs is 9. The van der Waals surface area contributed by atoms with E-state index in [9.17, 15) is 0 Å². The quantitative estimate of drug-likeness (QED) is 0.113. The van der Waals surface area contributed by atoms with Gasteiger partial charge in [-0.15, -0.1) is 0 Å². The minimum atomic E-state index is 0.683. The van der Waals surface area contributed by atoms with E-state index in [1.54, 1.807) is 12.4 Å². The van der Waals surface area contributed by atoms with E-state index in [-0.39, 0.29) is 0 Å². The van der Waals surface area contributed by atoms with E-state index in [0.29, 0.717) is 11.6 Å². The van der Waals surface area contributed by atoms with E-state index in [4.69, 9.17) is 19.9 Å². The highest BCUT2D eigenvalue weighted by atomic mass is 14.9. The van der Waals surface area contributed by atoms with Crippen molar-refractivity contribution in [3.63, 3.8) is 0 Å². The predicted octanol–water partition coefficient (Wildman–Crippen LogP) is 25.5. The van der Waals surface area contributed by atoms with Crippen LogP contribution >= 0.6 is 0 Å². The second-order valence-electron chi connectivity index (χ2n) is 26.2. The molecular formula is C98H64N6. The predicted molar refractivity (Wildman–Crippen MR) is 432 cm³/mol. The van der Waals surface area contributed by atoms with Gasteiger partial charge in [0.05, 0.1) is 22.8 Å².